The molecule has 130 valence electrons. The first-order chi connectivity index (χ1) is 10.8. The summed E-state index contributed by atoms with van der Waals surface area (Å²) in [4.78, 5) is 14.7. The second kappa shape index (κ2) is 8.80. The third-order valence-electron chi connectivity index (χ3n) is 3.71. The van der Waals surface area contributed by atoms with Crippen LogP contribution in [-0.4, -0.2) is 38.1 Å². The predicted octanol–water partition coefficient (Wildman–Crippen LogP) is 3.70. The van der Waals surface area contributed by atoms with Gasteiger partial charge in [-0.3, -0.25) is 4.79 Å². The maximum atomic E-state index is 12.7. The van der Waals surface area contributed by atoms with Crippen molar-refractivity contribution in [3.05, 3.63) is 23.3 Å². The molecule has 0 aliphatic rings. The maximum Gasteiger partial charge on any atom is 0.227 e. The van der Waals surface area contributed by atoms with Gasteiger partial charge in [-0.2, -0.15) is 0 Å². The van der Waals surface area contributed by atoms with Crippen LogP contribution in [0, 0.1) is 18.8 Å². The Balaban J connectivity index is 2.97. The third-order valence-corrected chi connectivity index (χ3v) is 3.71. The number of ether oxygens (including phenoxy) is 2. The molecule has 0 heterocycles. The number of nitrogens with zero attached hydrogens (tertiary/aromatic N) is 1. The number of aryl methyl sites for hydroxylation is 1. The number of hydrogen-bond donors (Lipinski definition) is 0. The van der Waals surface area contributed by atoms with Crippen LogP contribution in [0.4, 0.5) is 0 Å². The normalized spacial score (nSPS) is 11.0. The monoisotopic (exact) mass is 321 g/mol. The number of methoxy groups -OCH3 is 2. The smallest absolute Gasteiger partial charge is 0.227 e. The Bertz CT molecular complexity index is 514. The lowest BCUT2D eigenvalue weighted by molar-refractivity contribution is -0.131. The van der Waals surface area contributed by atoms with Gasteiger partial charge in [0.2, 0.25) is 5.91 Å². The molecule has 1 rings (SSSR count). The van der Waals surface area contributed by atoms with Gasteiger partial charge < -0.3 is 14.4 Å². The van der Waals surface area contributed by atoms with Gasteiger partial charge in [0.15, 0.2) is 11.5 Å². The molecule has 1 amide bonds. The van der Waals surface area contributed by atoms with Crippen molar-refractivity contribution in [2.45, 2.75) is 41.0 Å². The van der Waals surface area contributed by atoms with Crippen molar-refractivity contribution >= 4 is 5.91 Å². The molecule has 0 unspecified atom stereocenters. The number of benzene rings is 1. The van der Waals surface area contributed by atoms with Gasteiger partial charge in [-0.05, 0) is 42.0 Å². The van der Waals surface area contributed by atoms with E-state index < -0.39 is 0 Å². The van der Waals surface area contributed by atoms with E-state index >= 15 is 0 Å². The maximum absolute atomic E-state index is 12.7. The molecular formula is C19H31NO3. The second-order valence-corrected chi connectivity index (χ2v) is 6.90. The predicted molar refractivity (Wildman–Crippen MR) is 94.2 cm³/mol. The fourth-order valence-electron chi connectivity index (χ4n) is 2.65. The topological polar surface area (TPSA) is 38.8 Å². The van der Waals surface area contributed by atoms with Crippen molar-refractivity contribution in [3.63, 3.8) is 0 Å². The van der Waals surface area contributed by atoms with Crippen molar-refractivity contribution in [2.75, 3.05) is 27.3 Å². The van der Waals surface area contributed by atoms with Gasteiger partial charge in [-0.1, -0.05) is 27.7 Å². The average Bonchev–Trinajstić information content (AvgIpc) is 2.47. The minimum absolute atomic E-state index is 0.169. The van der Waals surface area contributed by atoms with Gasteiger partial charge in [0, 0.05) is 13.1 Å². The summed E-state index contributed by atoms with van der Waals surface area (Å²) in [7, 11) is 3.23. The van der Waals surface area contributed by atoms with Crippen molar-refractivity contribution < 1.29 is 14.3 Å². The highest BCUT2D eigenvalue weighted by Gasteiger charge is 2.18. The number of carbonyl (C=O) groups excluding carboxylic acids is 1. The van der Waals surface area contributed by atoms with Crippen LogP contribution in [0.25, 0.3) is 0 Å². The summed E-state index contributed by atoms with van der Waals surface area (Å²) in [5, 5.41) is 0. The van der Waals surface area contributed by atoms with Crippen molar-refractivity contribution in [3.8, 4) is 11.5 Å². The summed E-state index contributed by atoms with van der Waals surface area (Å²) < 4.78 is 10.7. The number of hydrogen-bond acceptors (Lipinski definition) is 3. The number of carbonyl (C=O) groups is 1. The molecule has 0 aliphatic heterocycles. The van der Waals surface area contributed by atoms with Crippen LogP contribution < -0.4 is 9.47 Å². The van der Waals surface area contributed by atoms with Crippen LogP contribution >= 0.6 is 0 Å². The van der Waals surface area contributed by atoms with E-state index in [0.29, 0.717) is 29.8 Å². The zero-order valence-electron chi connectivity index (χ0n) is 15.6. The Kier molecular flexibility index (Phi) is 7.40. The molecule has 4 heteroatoms. The molecule has 0 fully saturated rings. The van der Waals surface area contributed by atoms with Crippen molar-refractivity contribution in [2.24, 2.45) is 11.8 Å². The molecule has 0 saturated carbocycles. The van der Waals surface area contributed by atoms with Gasteiger partial charge >= 0.3 is 0 Å². The molecule has 23 heavy (non-hydrogen) atoms. The van der Waals surface area contributed by atoms with Crippen molar-refractivity contribution in [1.82, 2.24) is 4.90 Å². The third kappa shape index (κ3) is 5.77. The largest absolute Gasteiger partial charge is 0.493 e. The van der Waals surface area contributed by atoms with Gasteiger partial charge in [-0.15, -0.1) is 0 Å². The molecule has 0 saturated heterocycles. The molecule has 4 nitrogen and oxygen atoms in total. The van der Waals surface area contributed by atoms with E-state index in [-0.39, 0.29) is 5.91 Å². The fourth-order valence-corrected chi connectivity index (χ4v) is 2.65. The average molecular weight is 321 g/mol. The van der Waals surface area contributed by atoms with Gasteiger partial charge in [-0.25, -0.2) is 0 Å². The molecular weight excluding hydrogens is 290 g/mol. The van der Waals surface area contributed by atoms with E-state index in [0.717, 1.165) is 24.2 Å². The summed E-state index contributed by atoms with van der Waals surface area (Å²) in [5.74, 6) is 2.46. The highest BCUT2D eigenvalue weighted by Crippen LogP contribution is 2.30. The quantitative estimate of drug-likeness (QED) is 0.733. The van der Waals surface area contributed by atoms with Crippen LogP contribution in [0.15, 0.2) is 12.1 Å². The van der Waals surface area contributed by atoms with Crippen LogP contribution in [0.5, 0.6) is 11.5 Å². The SMILES string of the molecule is COc1cc(C)c(CC(=O)N(CC(C)C)CC(C)C)cc1OC. The highest BCUT2D eigenvalue weighted by molar-refractivity contribution is 5.79. The number of rotatable bonds is 8. The van der Waals surface area contributed by atoms with E-state index in [1.165, 1.54) is 0 Å². The van der Waals surface area contributed by atoms with E-state index in [2.05, 4.69) is 27.7 Å². The summed E-state index contributed by atoms with van der Waals surface area (Å²) in [6.07, 6.45) is 0.394. The van der Waals surface area contributed by atoms with Gasteiger partial charge in [0.1, 0.15) is 0 Å². The first kappa shape index (κ1) is 19.3. The zero-order valence-corrected chi connectivity index (χ0v) is 15.6. The minimum Gasteiger partial charge on any atom is -0.493 e. The lowest BCUT2D eigenvalue weighted by atomic mass is 10.0. The molecule has 0 radical (unpaired) electrons. The molecule has 1 aromatic rings. The molecule has 0 bridgehead atoms. The molecule has 0 spiro atoms. The van der Waals surface area contributed by atoms with Crippen LogP contribution in [-0.2, 0) is 11.2 Å². The molecule has 0 N–H and O–H groups in total. The number of amides is 1. The van der Waals surface area contributed by atoms with E-state index in [9.17, 15) is 4.79 Å². The lowest BCUT2D eigenvalue weighted by Gasteiger charge is -2.27. The summed E-state index contributed by atoms with van der Waals surface area (Å²) >= 11 is 0. The molecule has 0 aromatic heterocycles. The Labute approximate surface area is 140 Å². The van der Waals surface area contributed by atoms with Crippen molar-refractivity contribution in [1.29, 1.82) is 0 Å². The molecule has 1 aromatic carbocycles. The highest BCUT2D eigenvalue weighted by atomic mass is 16.5. The Morgan fingerprint density at radius 1 is 1.00 bits per heavy atom. The lowest BCUT2D eigenvalue weighted by Crippen LogP contribution is -2.38. The first-order valence-electron chi connectivity index (χ1n) is 8.27. The summed E-state index contributed by atoms with van der Waals surface area (Å²) in [5.41, 5.74) is 2.04. The Morgan fingerprint density at radius 2 is 1.48 bits per heavy atom. The van der Waals surface area contributed by atoms with Crippen LogP contribution in [0.3, 0.4) is 0 Å². The fraction of sp³-hybridized carbons (Fsp3) is 0.632. The Hall–Kier alpha value is -1.71. The van der Waals surface area contributed by atoms with Crippen LogP contribution in [0.1, 0.15) is 38.8 Å². The zero-order chi connectivity index (χ0) is 17.6. The van der Waals surface area contributed by atoms with E-state index in [4.69, 9.17) is 9.47 Å². The Morgan fingerprint density at radius 3 is 1.91 bits per heavy atom. The van der Waals surface area contributed by atoms with Crippen LogP contribution in [0.2, 0.25) is 0 Å². The summed E-state index contributed by atoms with van der Waals surface area (Å²) in [6, 6.07) is 3.84. The second-order valence-electron chi connectivity index (χ2n) is 6.90. The molecule has 0 aliphatic carbocycles. The van der Waals surface area contributed by atoms with E-state index in [1.807, 2.05) is 24.0 Å². The standard InChI is InChI=1S/C19H31NO3/c1-13(2)11-20(12-14(3)4)19(21)10-16-9-18(23-7)17(22-6)8-15(16)5/h8-9,13-14H,10-12H2,1-7H3. The van der Waals surface area contributed by atoms with E-state index in [1.54, 1.807) is 14.2 Å². The molecule has 0 atom stereocenters. The van der Waals surface area contributed by atoms with Gasteiger partial charge in [0.05, 0.1) is 20.6 Å². The minimum atomic E-state index is 0.169. The van der Waals surface area contributed by atoms with Gasteiger partial charge in [0.25, 0.3) is 0 Å². The first-order valence-corrected chi connectivity index (χ1v) is 8.27. The summed E-state index contributed by atoms with van der Waals surface area (Å²) in [6.45, 7) is 12.2.